The Balaban J connectivity index is 2.01. The van der Waals surface area contributed by atoms with Gasteiger partial charge in [0.2, 0.25) is 0 Å². The molecule has 0 fully saturated rings. The zero-order valence-electron chi connectivity index (χ0n) is 18.5. The van der Waals surface area contributed by atoms with Crippen molar-refractivity contribution in [3.8, 4) is 0 Å². The Hall–Kier alpha value is -2.67. The van der Waals surface area contributed by atoms with Crippen molar-refractivity contribution >= 4 is 28.6 Å². The van der Waals surface area contributed by atoms with E-state index in [-0.39, 0.29) is 11.5 Å². The molecule has 0 atom stereocenters. The number of aromatic nitrogens is 3. The summed E-state index contributed by atoms with van der Waals surface area (Å²) < 4.78 is 1.78. The molecule has 0 N–H and O–H groups in total. The smallest absolute Gasteiger partial charge is 0.262 e. The fraction of sp³-hybridized carbons (Fsp3) is 0.417. The van der Waals surface area contributed by atoms with Gasteiger partial charge in [0, 0.05) is 37.1 Å². The zero-order chi connectivity index (χ0) is 22.2. The Morgan fingerprint density at radius 2 is 1.90 bits per heavy atom. The van der Waals surface area contributed by atoms with Crippen LogP contribution in [0.25, 0.3) is 10.9 Å². The summed E-state index contributed by atoms with van der Waals surface area (Å²) in [6.45, 7) is 7.99. The summed E-state index contributed by atoms with van der Waals surface area (Å²) in [6, 6.07) is 11.0. The van der Waals surface area contributed by atoms with Gasteiger partial charge in [0.05, 0.1) is 16.6 Å². The van der Waals surface area contributed by atoms with Crippen LogP contribution in [0, 0.1) is 0 Å². The number of nitrogens with zero attached hydrogens (tertiary/aromatic N) is 4. The fourth-order valence-electron chi connectivity index (χ4n) is 3.48. The molecule has 0 aliphatic carbocycles. The summed E-state index contributed by atoms with van der Waals surface area (Å²) in [4.78, 5) is 37.0. The van der Waals surface area contributed by atoms with E-state index in [1.54, 1.807) is 33.9 Å². The third kappa shape index (κ3) is 5.53. The minimum atomic E-state index is -0.0496. The van der Waals surface area contributed by atoms with Gasteiger partial charge in [-0.15, -0.1) is 0 Å². The lowest BCUT2D eigenvalue weighted by Gasteiger charge is -2.19. The second-order valence-corrected chi connectivity index (χ2v) is 8.32. The number of carbonyl (C=O) groups excluding carboxylic acids is 1. The van der Waals surface area contributed by atoms with Crippen molar-refractivity contribution in [2.24, 2.45) is 0 Å². The first kappa shape index (κ1) is 23.0. The van der Waals surface area contributed by atoms with Crippen LogP contribution in [0.3, 0.4) is 0 Å². The standard InChI is InChI=1S/C24H30N4O2S/c1-4-7-10-15-28-23(30)20-13-12-18(22(29)27(5-2)6-3)16-21(20)26-24(28)31-17-19-11-8-9-14-25-19/h8-9,11-14,16H,4-7,10,15,17H2,1-3H3. The number of rotatable bonds is 10. The molecule has 164 valence electrons. The number of carbonyl (C=O) groups is 1. The second kappa shape index (κ2) is 11.1. The Kier molecular flexibility index (Phi) is 8.23. The number of fused-ring (bicyclic) bond motifs is 1. The number of unbranched alkanes of at least 4 members (excludes halogenated alkanes) is 2. The van der Waals surface area contributed by atoms with E-state index in [1.807, 2.05) is 32.0 Å². The highest BCUT2D eigenvalue weighted by molar-refractivity contribution is 7.98. The molecule has 0 saturated carbocycles. The molecule has 0 spiro atoms. The van der Waals surface area contributed by atoms with E-state index in [2.05, 4.69) is 11.9 Å². The molecule has 31 heavy (non-hydrogen) atoms. The van der Waals surface area contributed by atoms with Gasteiger partial charge in [-0.25, -0.2) is 4.98 Å². The summed E-state index contributed by atoms with van der Waals surface area (Å²) >= 11 is 1.51. The molecule has 1 aromatic carbocycles. The molecule has 0 aliphatic rings. The minimum absolute atomic E-state index is 0.0384. The first-order valence-electron chi connectivity index (χ1n) is 11.0. The van der Waals surface area contributed by atoms with Crippen LogP contribution in [-0.4, -0.2) is 38.4 Å². The highest BCUT2D eigenvalue weighted by Gasteiger charge is 2.16. The van der Waals surface area contributed by atoms with Crippen molar-refractivity contribution in [1.29, 1.82) is 0 Å². The van der Waals surface area contributed by atoms with Crippen molar-refractivity contribution in [3.05, 3.63) is 64.2 Å². The monoisotopic (exact) mass is 438 g/mol. The average Bonchev–Trinajstić information content (AvgIpc) is 2.80. The van der Waals surface area contributed by atoms with Crippen LogP contribution in [0.2, 0.25) is 0 Å². The predicted octanol–water partition coefficient (Wildman–Crippen LogP) is 4.76. The van der Waals surface area contributed by atoms with E-state index in [4.69, 9.17) is 4.98 Å². The van der Waals surface area contributed by atoms with E-state index >= 15 is 0 Å². The summed E-state index contributed by atoms with van der Waals surface area (Å²) in [6.07, 6.45) is 4.84. The molecule has 7 heteroatoms. The summed E-state index contributed by atoms with van der Waals surface area (Å²) in [5, 5.41) is 1.22. The van der Waals surface area contributed by atoms with Gasteiger partial charge < -0.3 is 4.90 Å². The Morgan fingerprint density at radius 1 is 1.10 bits per heavy atom. The molecular formula is C24H30N4O2S. The molecule has 1 amide bonds. The van der Waals surface area contributed by atoms with E-state index < -0.39 is 0 Å². The number of benzene rings is 1. The first-order chi connectivity index (χ1) is 15.1. The Bertz CT molecular complexity index is 1080. The maximum absolute atomic E-state index is 13.3. The minimum Gasteiger partial charge on any atom is -0.339 e. The molecule has 2 aromatic heterocycles. The zero-order valence-corrected chi connectivity index (χ0v) is 19.3. The third-order valence-electron chi connectivity index (χ3n) is 5.28. The Labute approximate surface area is 187 Å². The quantitative estimate of drug-likeness (QED) is 0.259. The van der Waals surface area contributed by atoms with Gasteiger partial charge in [-0.2, -0.15) is 0 Å². The van der Waals surface area contributed by atoms with Crippen LogP contribution in [0.5, 0.6) is 0 Å². The van der Waals surface area contributed by atoms with Crippen molar-refractivity contribution in [3.63, 3.8) is 0 Å². The lowest BCUT2D eigenvalue weighted by atomic mass is 10.1. The molecule has 0 unspecified atom stereocenters. The maximum Gasteiger partial charge on any atom is 0.262 e. The van der Waals surface area contributed by atoms with E-state index in [9.17, 15) is 9.59 Å². The normalized spacial score (nSPS) is 11.1. The van der Waals surface area contributed by atoms with Crippen molar-refractivity contribution in [2.75, 3.05) is 13.1 Å². The lowest BCUT2D eigenvalue weighted by molar-refractivity contribution is 0.0773. The number of hydrogen-bond donors (Lipinski definition) is 0. The first-order valence-corrected chi connectivity index (χ1v) is 11.9. The van der Waals surface area contributed by atoms with Crippen LogP contribution in [0.1, 0.15) is 56.1 Å². The van der Waals surface area contributed by atoms with Crippen LogP contribution < -0.4 is 5.56 Å². The van der Waals surface area contributed by atoms with Gasteiger partial charge in [-0.3, -0.25) is 19.1 Å². The molecule has 2 heterocycles. The van der Waals surface area contributed by atoms with Crippen LogP contribution in [-0.2, 0) is 12.3 Å². The van der Waals surface area contributed by atoms with Gasteiger partial charge in [-0.05, 0) is 50.6 Å². The lowest BCUT2D eigenvalue weighted by Crippen LogP contribution is -2.30. The van der Waals surface area contributed by atoms with E-state index in [0.29, 0.717) is 47.0 Å². The van der Waals surface area contributed by atoms with Crippen molar-refractivity contribution in [1.82, 2.24) is 19.4 Å². The molecule has 0 bridgehead atoms. The number of thioether (sulfide) groups is 1. The largest absolute Gasteiger partial charge is 0.339 e. The third-order valence-corrected chi connectivity index (χ3v) is 6.29. The Morgan fingerprint density at radius 3 is 2.58 bits per heavy atom. The average molecular weight is 439 g/mol. The second-order valence-electron chi connectivity index (χ2n) is 7.38. The van der Waals surface area contributed by atoms with Crippen molar-refractivity contribution in [2.45, 2.75) is 57.5 Å². The fourth-order valence-corrected chi connectivity index (χ4v) is 4.42. The predicted molar refractivity (Wildman–Crippen MR) is 127 cm³/mol. The summed E-state index contributed by atoms with van der Waals surface area (Å²) in [7, 11) is 0. The molecule has 3 aromatic rings. The van der Waals surface area contributed by atoms with Gasteiger partial charge in [0.1, 0.15) is 0 Å². The number of amides is 1. The summed E-state index contributed by atoms with van der Waals surface area (Å²) in [5.74, 6) is 0.591. The highest BCUT2D eigenvalue weighted by Crippen LogP contribution is 2.23. The maximum atomic E-state index is 13.3. The molecular weight excluding hydrogens is 408 g/mol. The van der Waals surface area contributed by atoms with E-state index in [1.165, 1.54) is 11.8 Å². The molecule has 0 aliphatic heterocycles. The molecule has 3 rings (SSSR count). The SMILES string of the molecule is CCCCCn1c(SCc2ccccn2)nc2cc(C(=O)N(CC)CC)ccc2c1=O. The van der Waals surface area contributed by atoms with Gasteiger partial charge in [0.15, 0.2) is 5.16 Å². The van der Waals surface area contributed by atoms with E-state index in [0.717, 1.165) is 25.0 Å². The molecule has 0 saturated heterocycles. The van der Waals surface area contributed by atoms with Crippen molar-refractivity contribution < 1.29 is 4.79 Å². The summed E-state index contributed by atoms with van der Waals surface area (Å²) in [5.41, 5.74) is 2.02. The van der Waals surface area contributed by atoms with Crippen LogP contribution >= 0.6 is 11.8 Å². The molecule has 0 radical (unpaired) electrons. The highest BCUT2D eigenvalue weighted by atomic mass is 32.2. The topological polar surface area (TPSA) is 68.1 Å². The van der Waals surface area contributed by atoms with Gasteiger partial charge in [-0.1, -0.05) is 37.6 Å². The number of hydrogen-bond acceptors (Lipinski definition) is 5. The van der Waals surface area contributed by atoms with Crippen LogP contribution in [0.15, 0.2) is 52.5 Å². The molecule has 6 nitrogen and oxygen atoms in total. The van der Waals surface area contributed by atoms with Crippen LogP contribution in [0.4, 0.5) is 0 Å². The van der Waals surface area contributed by atoms with Gasteiger partial charge >= 0.3 is 0 Å². The number of pyridine rings is 1. The van der Waals surface area contributed by atoms with Gasteiger partial charge in [0.25, 0.3) is 11.5 Å².